The first kappa shape index (κ1) is 17.2. The summed E-state index contributed by atoms with van der Waals surface area (Å²) in [5, 5.41) is 21.1. The third-order valence-corrected chi connectivity index (χ3v) is 3.76. The van der Waals surface area contributed by atoms with E-state index in [1.807, 2.05) is 6.07 Å². The van der Waals surface area contributed by atoms with Gasteiger partial charge in [0.25, 0.3) is 5.91 Å². The number of rotatable bonds is 6. The predicted molar refractivity (Wildman–Crippen MR) is 95.0 cm³/mol. The van der Waals surface area contributed by atoms with E-state index in [2.05, 4.69) is 15.7 Å². The molecule has 9 nitrogen and oxygen atoms in total. The number of carbonyl (C=O) groups is 1. The van der Waals surface area contributed by atoms with Gasteiger partial charge in [-0.15, -0.1) is 0 Å². The normalized spacial score (nSPS) is 10.5. The Kier molecular flexibility index (Phi) is 4.70. The Bertz CT molecular complexity index is 946. The zero-order chi connectivity index (χ0) is 18.7. The van der Waals surface area contributed by atoms with Crippen LogP contribution in [0.5, 0.6) is 0 Å². The molecule has 0 aliphatic rings. The zero-order valence-electron chi connectivity index (χ0n) is 14.2. The molecule has 2 aromatic heterocycles. The van der Waals surface area contributed by atoms with Gasteiger partial charge in [0, 0.05) is 19.3 Å². The van der Waals surface area contributed by atoms with Crippen molar-refractivity contribution in [3.8, 4) is 0 Å². The largest absolute Gasteiger partial charge is 0.459 e. The molecule has 26 heavy (non-hydrogen) atoms. The fraction of sp³-hybridized carbons (Fsp3) is 0.176. The summed E-state index contributed by atoms with van der Waals surface area (Å²) in [6, 6.07) is 10.4. The molecular formula is C17H17N5O4. The standard InChI is InChI=1S/C17H17N5O4/c1-11-15(22(24)25)16(21(2)20-11)18-10-12-5-3-6-13(9-12)19-17(23)14-7-4-8-26-14/h3-9,18H,10H2,1-2H3,(H,19,23). The summed E-state index contributed by atoms with van der Waals surface area (Å²) in [4.78, 5) is 22.8. The predicted octanol–water partition coefficient (Wildman–Crippen LogP) is 3.09. The third-order valence-electron chi connectivity index (χ3n) is 3.76. The van der Waals surface area contributed by atoms with Crippen molar-refractivity contribution in [3.05, 3.63) is 69.8 Å². The number of aryl methyl sites for hydroxylation is 2. The Morgan fingerprint density at radius 2 is 2.15 bits per heavy atom. The van der Waals surface area contributed by atoms with Crippen LogP contribution in [0, 0.1) is 17.0 Å². The molecule has 0 aliphatic carbocycles. The summed E-state index contributed by atoms with van der Waals surface area (Å²) in [6.45, 7) is 1.93. The van der Waals surface area contributed by atoms with Crippen LogP contribution in [0.25, 0.3) is 0 Å². The van der Waals surface area contributed by atoms with E-state index in [0.717, 1.165) is 5.56 Å². The van der Waals surface area contributed by atoms with Crippen molar-refractivity contribution in [1.29, 1.82) is 0 Å². The van der Waals surface area contributed by atoms with Crippen LogP contribution >= 0.6 is 0 Å². The van der Waals surface area contributed by atoms with E-state index in [1.165, 1.54) is 10.9 Å². The molecule has 0 spiro atoms. The van der Waals surface area contributed by atoms with Crippen molar-refractivity contribution in [2.75, 3.05) is 10.6 Å². The molecule has 3 aromatic rings. The number of carbonyl (C=O) groups excluding carboxylic acids is 1. The van der Waals surface area contributed by atoms with Crippen LogP contribution in [0.2, 0.25) is 0 Å². The number of aromatic nitrogens is 2. The van der Waals surface area contributed by atoms with Crippen LogP contribution in [0.3, 0.4) is 0 Å². The maximum Gasteiger partial charge on any atom is 0.333 e. The maximum absolute atomic E-state index is 12.0. The van der Waals surface area contributed by atoms with Gasteiger partial charge in [0.2, 0.25) is 5.82 Å². The lowest BCUT2D eigenvalue weighted by Gasteiger charge is -2.09. The van der Waals surface area contributed by atoms with Gasteiger partial charge in [0.15, 0.2) is 5.76 Å². The van der Waals surface area contributed by atoms with Gasteiger partial charge in [-0.2, -0.15) is 5.10 Å². The van der Waals surface area contributed by atoms with E-state index in [9.17, 15) is 14.9 Å². The molecule has 134 valence electrons. The van der Waals surface area contributed by atoms with Crippen LogP contribution in [-0.4, -0.2) is 20.6 Å². The maximum atomic E-state index is 12.0. The molecule has 0 unspecified atom stereocenters. The summed E-state index contributed by atoms with van der Waals surface area (Å²) >= 11 is 0. The molecule has 0 atom stereocenters. The molecule has 0 aliphatic heterocycles. The number of nitrogens with one attached hydrogen (secondary N) is 2. The molecule has 2 N–H and O–H groups in total. The molecule has 2 heterocycles. The fourth-order valence-corrected chi connectivity index (χ4v) is 2.61. The van der Waals surface area contributed by atoms with E-state index < -0.39 is 4.92 Å². The molecule has 0 bridgehead atoms. The van der Waals surface area contributed by atoms with Gasteiger partial charge in [0.05, 0.1) is 11.2 Å². The first-order valence-electron chi connectivity index (χ1n) is 7.81. The average Bonchev–Trinajstić information content (AvgIpc) is 3.21. The molecule has 0 saturated carbocycles. The molecule has 3 rings (SSSR count). The van der Waals surface area contributed by atoms with E-state index in [0.29, 0.717) is 23.7 Å². The van der Waals surface area contributed by atoms with Crippen LogP contribution in [0.4, 0.5) is 17.2 Å². The second-order valence-electron chi connectivity index (χ2n) is 5.65. The highest BCUT2D eigenvalue weighted by Crippen LogP contribution is 2.27. The number of amides is 1. The minimum absolute atomic E-state index is 0.0465. The number of nitrogens with zero attached hydrogens (tertiary/aromatic N) is 3. The van der Waals surface area contributed by atoms with Gasteiger partial charge in [-0.25, -0.2) is 4.68 Å². The minimum atomic E-state index is -0.454. The number of anilines is 2. The van der Waals surface area contributed by atoms with E-state index in [4.69, 9.17) is 4.42 Å². The minimum Gasteiger partial charge on any atom is -0.459 e. The van der Waals surface area contributed by atoms with Crippen LogP contribution in [0.15, 0.2) is 47.1 Å². The van der Waals surface area contributed by atoms with Gasteiger partial charge in [-0.3, -0.25) is 14.9 Å². The monoisotopic (exact) mass is 355 g/mol. The lowest BCUT2D eigenvalue weighted by Crippen LogP contribution is -2.11. The topological polar surface area (TPSA) is 115 Å². The Labute approximate surface area is 148 Å². The Balaban J connectivity index is 1.72. The summed E-state index contributed by atoms with van der Waals surface area (Å²) in [5.74, 6) is 0.199. The summed E-state index contributed by atoms with van der Waals surface area (Å²) in [7, 11) is 1.64. The van der Waals surface area contributed by atoms with E-state index in [1.54, 1.807) is 44.3 Å². The Hall–Kier alpha value is -3.62. The van der Waals surface area contributed by atoms with Crippen LogP contribution in [-0.2, 0) is 13.6 Å². The molecule has 0 saturated heterocycles. The number of benzene rings is 1. The number of hydrogen-bond donors (Lipinski definition) is 2. The van der Waals surface area contributed by atoms with E-state index in [-0.39, 0.29) is 17.4 Å². The molecule has 0 radical (unpaired) electrons. The number of furan rings is 1. The molecular weight excluding hydrogens is 338 g/mol. The SMILES string of the molecule is Cc1nn(C)c(NCc2cccc(NC(=O)c3ccco3)c2)c1[N+](=O)[O-]. The average molecular weight is 355 g/mol. The van der Waals surface area contributed by atoms with Gasteiger partial charge in [0.1, 0.15) is 5.69 Å². The van der Waals surface area contributed by atoms with Gasteiger partial charge in [-0.1, -0.05) is 12.1 Å². The molecule has 0 fully saturated rings. The highest BCUT2D eigenvalue weighted by molar-refractivity contribution is 6.02. The quantitative estimate of drug-likeness (QED) is 0.518. The van der Waals surface area contributed by atoms with Crippen molar-refractivity contribution in [2.24, 2.45) is 7.05 Å². The lowest BCUT2D eigenvalue weighted by molar-refractivity contribution is -0.384. The summed E-state index contributed by atoms with van der Waals surface area (Å²) in [5.41, 5.74) is 1.74. The Morgan fingerprint density at radius 1 is 1.35 bits per heavy atom. The van der Waals surface area contributed by atoms with Crippen LogP contribution < -0.4 is 10.6 Å². The highest BCUT2D eigenvalue weighted by Gasteiger charge is 2.23. The summed E-state index contributed by atoms with van der Waals surface area (Å²) in [6.07, 6.45) is 1.43. The first-order valence-corrected chi connectivity index (χ1v) is 7.81. The molecule has 1 amide bonds. The van der Waals surface area contributed by atoms with Crippen LogP contribution in [0.1, 0.15) is 21.8 Å². The number of hydrogen-bond acceptors (Lipinski definition) is 6. The van der Waals surface area contributed by atoms with Gasteiger partial charge >= 0.3 is 5.69 Å². The van der Waals surface area contributed by atoms with E-state index >= 15 is 0 Å². The fourth-order valence-electron chi connectivity index (χ4n) is 2.61. The molecule has 9 heteroatoms. The lowest BCUT2D eigenvalue weighted by atomic mass is 10.2. The molecule has 1 aromatic carbocycles. The Morgan fingerprint density at radius 3 is 2.85 bits per heavy atom. The second-order valence-corrected chi connectivity index (χ2v) is 5.65. The summed E-state index contributed by atoms with van der Waals surface area (Å²) < 4.78 is 6.50. The first-order chi connectivity index (χ1) is 12.5. The van der Waals surface area contributed by atoms with Crippen molar-refractivity contribution in [2.45, 2.75) is 13.5 Å². The second kappa shape index (κ2) is 7.09. The smallest absolute Gasteiger partial charge is 0.333 e. The zero-order valence-corrected chi connectivity index (χ0v) is 14.2. The third kappa shape index (κ3) is 3.56. The van der Waals surface area contributed by atoms with Crippen molar-refractivity contribution < 1.29 is 14.1 Å². The van der Waals surface area contributed by atoms with Gasteiger partial charge < -0.3 is 15.1 Å². The van der Waals surface area contributed by atoms with Gasteiger partial charge in [-0.05, 0) is 36.8 Å². The van der Waals surface area contributed by atoms with Crippen molar-refractivity contribution in [1.82, 2.24) is 9.78 Å². The highest BCUT2D eigenvalue weighted by atomic mass is 16.6. The van der Waals surface area contributed by atoms with Crippen molar-refractivity contribution in [3.63, 3.8) is 0 Å². The van der Waals surface area contributed by atoms with Crippen molar-refractivity contribution >= 4 is 23.1 Å². The number of nitro groups is 1.